The van der Waals surface area contributed by atoms with Gasteiger partial charge in [-0.3, -0.25) is 9.00 Å². The maximum absolute atomic E-state index is 12.1. The zero-order chi connectivity index (χ0) is 15.8. The van der Waals surface area contributed by atoms with Crippen LogP contribution in [0.1, 0.15) is 25.7 Å². The van der Waals surface area contributed by atoms with Gasteiger partial charge in [-0.05, 0) is 62.5 Å². The van der Waals surface area contributed by atoms with E-state index in [-0.39, 0.29) is 18.3 Å². The zero-order valence-corrected chi connectivity index (χ0v) is 16.3. The van der Waals surface area contributed by atoms with Crippen LogP contribution in [0.4, 0.5) is 0 Å². The van der Waals surface area contributed by atoms with E-state index in [1.807, 2.05) is 24.3 Å². The second-order valence-electron chi connectivity index (χ2n) is 5.60. The van der Waals surface area contributed by atoms with Gasteiger partial charge in [0.15, 0.2) is 0 Å². The molecule has 0 spiro atoms. The molecule has 1 aliphatic rings. The van der Waals surface area contributed by atoms with E-state index in [0.29, 0.717) is 24.5 Å². The summed E-state index contributed by atoms with van der Waals surface area (Å²) in [7, 11) is -1.02. The molecule has 0 bridgehead atoms. The summed E-state index contributed by atoms with van der Waals surface area (Å²) in [4.78, 5) is 12.6. The highest BCUT2D eigenvalue weighted by Gasteiger charge is 2.14. The molecule has 0 aliphatic carbocycles. The van der Waals surface area contributed by atoms with Crippen molar-refractivity contribution in [3.63, 3.8) is 0 Å². The zero-order valence-electron chi connectivity index (χ0n) is 13.1. The van der Waals surface area contributed by atoms with Gasteiger partial charge in [0.05, 0.1) is 10.8 Å². The first-order chi connectivity index (χ1) is 10.6. The van der Waals surface area contributed by atoms with Gasteiger partial charge in [0.2, 0.25) is 5.91 Å². The Labute approximate surface area is 155 Å². The summed E-state index contributed by atoms with van der Waals surface area (Å²) in [6.45, 7) is 2.92. The third kappa shape index (κ3) is 7.79. The molecule has 1 saturated heterocycles. The topological polar surface area (TPSA) is 58.2 Å². The largest absolute Gasteiger partial charge is 0.356 e. The van der Waals surface area contributed by atoms with Gasteiger partial charge in [-0.2, -0.15) is 0 Å². The minimum Gasteiger partial charge on any atom is -0.356 e. The van der Waals surface area contributed by atoms with Gasteiger partial charge in [0.1, 0.15) is 0 Å². The fourth-order valence-corrected chi connectivity index (χ4v) is 3.88. The SMILES string of the molecule is Cl.O=C(CCCS(=O)c1ccc(Br)cc1)NCCC1CCNC1. The summed E-state index contributed by atoms with van der Waals surface area (Å²) in [6, 6.07) is 7.49. The van der Waals surface area contributed by atoms with Crippen molar-refractivity contribution in [2.24, 2.45) is 5.92 Å². The summed E-state index contributed by atoms with van der Waals surface area (Å²) in [5.74, 6) is 1.30. The molecule has 23 heavy (non-hydrogen) atoms. The molecule has 2 N–H and O–H groups in total. The van der Waals surface area contributed by atoms with Crippen LogP contribution >= 0.6 is 28.3 Å². The molecule has 2 rings (SSSR count). The van der Waals surface area contributed by atoms with E-state index in [0.717, 1.165) is 35.4 Å². The standard InChI is InChI=1S/C16H23BrN2O2S.ClH/c17-14-3-5-15(6-4-14)22(21)11-1-2-16(20)19-10-8-13-7-9-18-12-13;/h3-6,13,18H,1-2,7-12H2,(H,19,20);1H. The summed E-state index contributed by atoms with van der Waals surface area (Å²) in [5.41, 5.74) is 0. The molecule has 2 unspecified atom stereocenters. The van der Waals surface area contributed by atoms with E-state index in [4.69, 9.17) is 0 Å². The number of amides is 1. The summed E-state index contributed by atoms with van der Waals surface area (Å²) in [6.07, 6.45) is 3.36. The van der Waals surface area contributed by atoms with Crippen molar-refractivity contribution in [2.75, 3.05) is 25.4 Å². The van der Waals surface area contributed by atoms with Gasteiger partial charge in [-0.25, -0.2) is 0 Å². The maximum Gasteiger partial charge on any atom is 0.220 e. The highest BCUT2D eigenvalue weighted by molar-refractivity contribution is 9.10. The van der Waals surface area contributed by atoms with E-state index >= 15 is 0 Å². The first-order valence-electron chi connectivity index (χ1n) is 7.76. The van der Waals surface area contributed by atoms with Gasteiger partial charge in [-0.1, -0.05) is 15.9 Å². The molecule has 4 nitrogen and oxygen atoms in total. The number of halogens is 2. The van der Waals surface area contributed by atoms with E-state index in [2.05, 4.69) is 26.6 Å². The monoisotopic (exact) mass is 422 g/mol. The predicted molar refractivity (Wildman–Crippen MR) is 101 cm³/mol. The lowest BCUT2D eigenvalue weighted by Gasteiger charge is -2.09. The molecule has 0 radical (unpaired) electrons. The molecule has 1 heterocycles. The second kappa shape index (κ2) is 11.2. The first-order valence-corrected chi connectivity index (χ1v) is 9.87. The lowest BCUT2D eigenvalue weighted by Crippen LogP contribution is -2.26. The van der Waals surface area contributed by atoms with E-state index in [9.17, 15) is 9.00 Å². The van der Waals surface area contributed by atoms with Gasteiger partial charge < -0.3 is 10.6 Å². The average Bonchev–Trinajstić information content (AvgIpc) is 3.01. The first kappa shape index (κ1) is 20.6. The third-order valence-corrected chi connectivity index (χ3v) is 5.83. The van der Waals surface area contributed by atoms with Crippen molar-refractivity contribution >= 4 is 45.0 Å². The summed E-state index contributed by atoms with van der Waals surface area (Å²) >= 11 is 3.36. The van der Waals surface area contributed by atoms with Crippen LogP contribution in [0.15, 0.2) is 33.6 Å². The molecular weight excluding hydrogens is 400 g/mol. The number of rotatable bonds is 8. The third-order valence-electron chi connectivity index (χ3n) is 3.85. The number of nitrogens with one attached hydrogen (secondary N) is 2. The van der Waals surface area contributed by atoms with Crippen LogP contribution in [-0.2, 0) is 15.6 Å². The van der Waals surface area contributed by atoms with Crippen molar-refractivity contribution < 1.29 is 9.00 Å². The Hall–Kier alpha value is -0.430. The quantitative estimate of drug-likeness (QED) is 0.676. The molecule has 0 aromatic heterocycles. The van der Waals surface area contributed by atoms with E-state index in [1.165, 1.54) is 6.42 Å². The van der Waals surface area contributed by atoms with Crippen LogP contribution in [-0.4, -0.2) is 35.5 Å². The Bertz CT molecular complexity index is 507. The Kier molecular flexibility index (Phi) is 10.0. The van der Waals surface area contributed by atoms with Gasteiger partial charge >= 0.3 is 0 Å². The average molecular weight is 424 g/mol. The number of carbonyl (C=O) groups is 1. The Morgan fingerprint density at radius 2 is 2.09 bits per heavy atom. The van der Waals surface area contributed by atoms with Crippen LogP contribution < -0.4 is 10.6 Å². The van der Waals surface area contributed by atoms with Crippen molar-refractivity contribution in [3.05, 3.63) is 28.7 Å². The van der Waals surface area contributed by atoms with Crippen LogP contribution in [0.3, 0.4) is 0 Å². The van der Waals surface area contributed by atoms with Crippen molar-refractivity contribution in [1.29, 1.82) is 0 Å². The molecule has 1 aromatic carbocycles. The highest BCUT2D eigenvalue weighted by Crippen LogP contribution is 2.14. The number of hydrogen-bond acceptors (Lipinski definition) is 3. The molecule has 1 aromatic rings. The minimum absolute atomic E-state index is 0. The lowest BCUT2D eigenvalue weighted by atomic mass is 10.1. The van der Waals surface area contributed by atoms with Gasteiger partial charge in [0, 0.05) is 28.1 Å². The lowest BCUT2D eigenvalue weighted by molar-refractivity contribution is -0.121. The van der Waals surface area contributed by atoms with Crippen LogP contribution in [0, 0.1) is 5.92 Å². The predicted octanol–water partition coefficient (Wildman–Crippen LogP) is 2.87. The molecule has 130 valence electrons. The Balaban J connectivity index is 0.00000264. The Morgan fingerprint density at radius 3 is 2.74 bits per heavy atom. The van der Waals surface area contributed by atoms with Crippen LogP contribution in [0.5, 0.6) is 0 Å². The molecule has 1 fully saturated rings. The molecule has 1 amide bonds. The summed E-state index contributed by atoms with van der Waals surface area (Å²) < 4.78 is 13.1. The molecule has 2 atom stereocenters. The maximum atomic E-state index is 12.1. The van der Waals surface area contributed by atoms with Crippen molar-refractivity contribution in [1.82, 2.24) is 10.6 Å². The fourth-order valence-electron chi connectivity index (χ4n) is 2.53. The van der Waals surface area contributed by atoms with E-state index in [1.54, 1.807) is 0 Å². The van der Waals surface area contributed by atoms with Crippen LogP contribution in [0.2, 0.25) is 0 Å². The normalized spacial score (nSPS) is 18.2. The fraction of sp³-hybridized carbons (Fsp3) is 0.562. The van der Waals surface area contributed by atoms with Crippen LogP contribution in [0.25, 0.3) is 0 Å². The van der Waals surface area contributed by atoms with Crippen molar-refractivity contribution in [3.8, 4) is 0 Å². The van der Waals surface area contributed by atoms with Gasteiger partial charge in [0.25, 0.3) is 0 Å². The van der Waals surface area contributed by atoms with E-state index < -0.39 is 10.8 Å². The number of hydrogen-bond donors (Lipinski definition) is 2. The molecule has 0 saturated carbocycles. The Morgan fingerprint density at radius 1 is 1.35 bits per heavy atom. The highest BCUT2D eigenvalue weighted by atomic mass is 79.9. The summed E-state index contributed by atoms with van der Waals surface area (Å²) in [5, 5.41) is 6.29. The number of benzene rings is 1. The smallest absolute Gasteiger partial charge is 0.220 e. The second-order valence-corrected chi connectivity index (χ2v) is 8.09. The van der Waals surface area contributed by atoms with Crippen molar-refractivity contribution in [2.45, 2.75) is 30.6 Å². The molecule has 7 heteroatoms. The minimum atomic E-state index is -1.02. The molecular formula is C16H24BrClN2O2S. The molecule has 1 aliphatic heterocycles. The number of carbonyl (C=O) groups excluding carboxylic acids is 1. The van der Waals surface area contributed by atoms with Gasteiger partial charge in [-0.15, -0.1) is 12.4 Å².